The Morgan fingerprint density at radius 3 is 2.40 bits per heavy atom. The van der Waals surface area contributed by atoms with Gasteiger partial charge in [0, 0.05) is 6.08 Å². The molecule has 0 unspecified atom stereocenters. The maximum atomic E-state index is 10.3. The second-order valence-electron chi connectivity index (χ2n) is 1.36. The average Bonchev–Trinajstić information content (AvgIpc) is 1.87. The zero-order valence-electron chi connectivity index (χ0n) is 5.20. The van der Waals surface area contributed by atoms with Gasteiger partial charge in [-0.1, -0.05) is 0 Å². The van der Waals surface area contributed by atoms with Crippen LogP contribution in [-0.2, 0) is 14.3 Å². The van der Waals surface area contributed by atoms with Crippen LogP contribution in [0, 0.1) is 0 Å². The fraction of sp³-hybridized carbons (Fsp3) is 0.200. The molecule has 0 amide bonds. The summed E-state index contributed by atoms with van der Waals surface area (Å²) in [6.45, 7) is 0. The highest BCUT2D eigenvalue weighted by molar-refractivity contribution is 7.85. The van der Waals surface area contributed by atoms with E-state index in [-0.39, 0.29) is 4.91 Å². The van der Waals surface area contributed by atoms with Gasteiger partial charge in [0.05, 0.1) is 12.0 Å². The summed E-state index contributed by atoms with van der Waals surface area (Å²) in [4.78, 5) is 20.0. The Morgan fingerprint density at radius 1 is 1.60 bits per heavy atom. The SMILES string of the molecule is COC(=O)/C=C(\S)C(=O)O. The smallest absolute Gasteiger partial charge is 0.342 e. The maximum absolute atomic E-state index is 10.3. The number of carboxylic acid groups (broad SMARTS) is 1. The predicted molar refractivity (Wildman–Crippen MR) is 36.7 cm³/mol. The minimum absolute atomic E-state index is 0.341. The molecule has 0 atom stereocenters. The second kappa shape index (κ2) is 3.94. The summed E-state index contributed by atoms with van der Waals surface area (Å²) in [7, 11) is 1.15. The molecule has 0 fully saturated rings. The van der Waals surface area contributed by atoms with Crippen molar-refractivity contribution >= 4 is 24.6 Å². The molecule has 0 saturated heterocycles. The number of aliphatic carboxylic acids is 1. The Labute approximate surface area is 62.9 Å². The molecule has 10 heavy (non-hydrogen) atoms. The fourth-order valence-electron chi connectivity index (χ4n) is 0.232. The molecule has 1 N–H and O–H groups in total. The third-order valence-corrected chi connectivity index (χ3v) is 0.995. The van der Waals surface area contributed by atoms with Crippen molar-refractivity contribution in [1.82, 2.24) is 0 Å². The minimum Gasteiger partial charge on any atom is -0.477 e. The number of rotatable bonds is 2. The largest absolute Gasteiger partial charge is 0.477 e. The Hall–Kier alpha value is -0.970. The fourth-order valence-corrected chi connectivity index (χ4v) is 0.338. The van der Waals surface area contributed by atoms with Gasteiger partial charge in [0.2, 0.25) is 0 Å². The number of carboxylic acids is 1. The van der Waals surface area contributed by atoms with E-state index in [1.54, 1.807) is 0 Å². The lowest BCUT2D eigenvalue weighted by Gasteiger charge is -1.90. The lowest BCUT2D eigenvalue weighted by molar-refractivity contribution is -0.136. The molecule has 0 bridgehead atoms. The third-order valence-electron chi connectivity index (χ3n) is 0.675. The Kier molecular flexibility index (Phi) is 3.56. The van der Waals surface area contributed by atoms with Gasteiger partial charge in [0.15, 0.2) is 0 Å². The molecule has 0 spiro atoms. The van der Waals surface area contributed by atoms with Crippen molar-refractivity contribution in [2.45, 2.75) is 0 Å². The molecule has 0 heterocycles. The first kappa shape index (κ1) is 9.03. The monoisotopic (exact) mass is 162 g/mol. The van der Waals surface area contributed by atoms with Crippen molar-refractivity contribution in [1.29, 1.82) is 0 Å². The van der Waals surface area contributed by atoms with E-state index in [4.69, 9.17) is 5.11 Å². The van der Waals surface area contributed by atoms with E-state index in [1.165, 1.54) is 0 Å². The van der Waals surface area contributed by atoms with E-state index < -0.39 is 11.9 Å². The number of thiol groups is 1. The Morgan fingerprint density at radius 2 is 2.10 bits per heavy atom. The van der Waals surface area contributed by atoms with Gasteiger partial charge in [-0.05, 0) is 0 Å². The van der Waals surface area contributed by atoms with Gasteiger partial charge in [-0.25, -0.2) is 9.59 Å². The van der Waals surface area contributed by atoms with Crippen molar-refractivity contribution in [3.8, 4) is 0 Å². The van der Waals surface area contributed by atoms with Crippen LogP contribution in [0.1, 0.15) is 0 Å². The summed E-state index contributed by atoms with van der Waals surface area (Å²) >= 11 is 3.48. The molecular weight excluding hydrogens is 156 g/mol. The van der Waals surface area contributed by atoms with Crippen LogP contribution in [0.5, 0.6) is 0 Å². The van der Waals surface area contributed by atoms with E-state index in [0.717, 1.165) is 13.2 Å². The van der Waals surface area contributed by atoms with Crippen LogP contribution >= 0.6 is 12.6 Å². The summed E-state index contributed by atoms with van der Waals surface area (Å²) < 4.78 is 4.14. The van der Waals surface area contributed by atoms with Crippen LogP contribution in [0.25, 0.3) is 0 Å². The van der Waals surface area contributed by atoms with Crippen molar-refractivity contribution in [3.63, 3.8) is 0 Å². The van der Waals surface area contributed by atoms with Gasteiger partial charge < -0.3 is 9.84 Å². The van der Waals surface area contributed by atoms with E-state index >= 15 is 0 Å². The highest BCUT2D eigenvalue weighted by atomic mass is 32.1. The van der Waals surface area contributed by atoms with Crippen LogP contribution in [0.4, 0.5) is 0 Å². The molecule has 0 radical (unpaired) electrons. The summed E-state index contributed by atoms with van der Waals surface area (Å²) in [5, 5.41) is 8.17. The molecule has 0 aliphatic heterocycles. The van der Waals surface area contributed by atoms with E-state index in [9.17, 15) is 9.59 Å². The minimum atomic E-state index is -1.26. The molecule has 0 aliphatic rings. The zero-order chi connectivity index (χ0) is 8.15. The second-order valence-corrected chi connectivity index (χ2v) is 1.84. The molecule has 0 aromatic carbocycles. The topological polar surface area (TPSA) is 63.6 Å². The molecule has 0 aromatic heterocycles. The molecule has 56 valence electrons. The van der Waals surface area contributed by atoms with E-state index in [0.29, 0.717) is 0 Å². The van der Waals surface area contributed by atoms with Gasteiger partial charge in [0.25, 0.3) is 0 Å². The van der Waals surface area contributed by atoms with Crippen LogP contribution < -0.4 is 0 Å². The summed E-state index contributed by atoms with van der Waals surface area (Å²) in [6, 6.07) is 0. The molecule has 0 aromatic rings. The lowest BCUT2D eigenvalue weighted by atomic mass is 10.5. The standard InChI is InChI=1S/C5H6O4S/c1-9-4(6)2-3(10)5(7)8/h2,10H,1H3,(H,7,8)/b3-2-. The third kappa shape index (κ3) is 3.13. The van der Waals surface area contributed by atoms with Gasteiger partial charge in [-0.15, -0.1) is 12.6 Å². The van der Waals surface area contributed by atoms with Gasteiger partial charge in [-0.3, -0.25) is 0 Å². The number of hydrogen-bond donors (Lipinski definition) is 2. The highest BCUT2D eigenvalue weighted by Gasteiger charge is 2.03. The first-order valence-corrected chi connectivity index (χ1v) is 2.74. The maximum Gasteiger partial charge on any atom is 0.342 e. The van der Waals surface area contributed by atoms with E-state index in [2.05, 4.69) is 17.4 Å². The van der Waals surface area contributed by atoms with Crippen LogP contribution in [-0.4, -0.2) is 24.2 Å². The normalized spacial score (nSPS) is 10.8. The van der Waals surface area contributed by atoms with Crippen molar-refractivity contribution < 1.29 is 19.4 Å². The van der Waals surface area contributed by atoms with Crippen LogP contribution in [0.2, 0.25) is 0 Å². The first-order chi connectivity index (χ1) is 4.57. The van der Waals surface area contributed by atoms with Crippen molar-refractivity contribution in [2.24, 2.45) is 0 Å². The zero-order valence-corrected chi connectivity index (χ0v) is 6.09. The number of esters is 1. The van der Waals surface area contributed by atoms with E-state index in [1.807, 2.05) is 0 Å². The molecule has 4 nitrogen and oxygen atoms in total. The number of methoxy groups -OCH3 is 1. The number of hydrogen-bond acceptors (Lipinski definition) is 4. The molecule has 0 aliphatic carbocycles. The summed E-state index contributed by atoms with van der Waals surface area (Å²) in [5.41, 5.74) is 0. The lowest BCUT2D eigenvalue weighted by Crippen LogP contribution is -2.00. The molecule has 0 saturated carbocycles. The van der Waals surface area contributed by atoms with Crippen LogP contribution in [0.15, 0.2) is 11.0 Å². The highest BCUT2D eigenvalue weighted by Crippen LogP contribution is 1.99. The van der Waals surface area contributed by atoms with Gasteiger partial charge >= 0.3 is 11.9 Å². The summed E-state index contributed by atoms with van der Waals surface area (Å²) in [6.07, 6.45) is 0.783. The number of carbonyl (C=O) groups excluding carboxylic acids is 1. The Bertz CT molecular complexity index is 184. The van der Waals surface area contributed by atoms with Gasteiger partial charge in [-0.2, -0.15) is 0 Å². The van der Waals surface area contributed by atoms with Gasteiger partial charge in [0.1, 0.15) is 0 Å². The average molecular weight is 162 g/mol. The molecule has 0 rings (SSSR count). The quantitative estimate of drug-likeness (QED) is 0.342. The first-order valence-electron chi connectivity index (χ1n) is 2.30. The van der Waals surface area contributed by atoms with Crippen molar-refractivity contribution in [2.75, 3.05) is 7.11 Å². The molecule has 5 heteroatoms. The number of ether oxygens (including phenoxy) is 1. The number of carbonyl (C=O) groups is 2. The summed E-state index contributed by atoms with van der Waals surface area (Å²) in [5.74, 6) is -1.99. The molecular formula is C5H6O4S. The predicted octanol–water partition coefficient (Wildman–Crippen LogP) is 0.0577. The van der Waals surface area contributed by atoms with Crippen molar-refractivity contribution in [3.05, 3.63) is 11.0 Å². The Balaban J connectivity index is 4.16. The van der Waals surface area contributed by atoms with Crippen LogP contribution in [0.3, 0.4) is 0 Å².